The van der Waals surface area contributed by atoms with Crippen LogP contribution in [0.1, 0.15) is 28.5 Å². The van der Waals surface area contributed by atoms with Gasteiger partial charge in [0.15, 0.2) is 5.96 Å². The molecule has 2 rings (SSSR count). The number of hydrogen-bond donors (Lipinski definition) is 3. The van der Waals surface area contributed by atoms with E-state index < -0.39 is 6.10 Å². The number of aliphatic imine (C=N–C) groups is 1. The molecule has 1 unspecified atom stereocenters. The van der Waals surface area contributed by atoms with E-state index in [1.54, 1.807) is 43.8 Å². The van der Waals surface area contributed by atoms with Crippen molar-refractivity contribution in [2.24, 2.45) is 4.99 Å². The van der Waals surface area contributed by atoms with E-state index in [0.29, 0.717) is 29.6 Å². The van der Waals surface area contributed by atoms with Crippen molar-refractivity contribution in [2.75, 3.05) is 27.3 Å². The molecule has 1 aromatic heterocycles. The molecule has 1 atom stereocenters. The molecule has 0 aliphatic heterocycles. The molecule has 0 fully saturated rings. The molecule has 0 amide bonds. The topological polar surface area (TPSA) is 88.0 Å². The third kappa shape index (κ3) is 5.60. The molecule has 0 aliphatic carbocycles. The Kier molecular flexibility index (Phi) is 7.68. The van der Waals surface area contributed by atoms with Gasteiger partial charge in [0.2, 0.25) is 0 Å². The second-order valence-corrected chi connectivity index (χ2v) is 6.88. The number of thiazole rings is 1. The maximum Gasteiger partial charge on any atom is 0.191 e. The Hall–Kier alpha value is -2.32. The first-order valence-electron chi connectivity index (χ1n) is 8.40. The highest BCUT2D eigenvalue weighted by atomic mass is 32.1. The van der Waals surface area contributed by atoms with Gasteiger partial charge in [0.1, 0.15) is 16.5 Å². The summed E-state index contributed by atoms with van der Waals surface area (Å²) in [5.74, 6) is 1.90. The summed E-state index contributed by atoms with van der Waals surface area (Å²) in [6.07, 6.45) is 1.07. The number of ether oxygens (including phenoxy) is 2. The van der Waals surface area contributed by atoms with Crippen LogP contribution in [0.25, 0.3) is 0 Å². The van der Waals surface area contributed by atoms with Crippen molar-refractivity contribution in [2.45, 2.75) is 26.5 Å². The van der Waals surface area contributed by atoms with Gasteiger partial charge in [-0.3, -0.25) is 0 Å². The van der Waals surface area contributed by atoms with Crippen LogP contribution >= 0.6 is 11.3 Å². The first kappa shape index (κ1) is 20.0. The summed E-state index contributed by atoms with van der Waals surface area (Å²) in [6, 6.07) is 5.35. The van der Waals surface area contributed by atoms with Gasteiger partial charge in [0.05, 0.1) is 26.9 Å². The number of hydrogen-bond acceptors (Lipinski definition) is 6. The Morgan fingerprint density at radius 2 is 2.12 bits per heavy atom. The number of guanidine groups is 1. The number of aryl methyl sites for hydroxylation is 1. The van der Waals surface area contributed by atoms with Gasteiger partial charge < -0.3 is 25.2 Å². The van der Waals surface area contributed by atoms with Crippen molar-refractivity contribution >= 4 is 17.3 Å². The van der Waals surface area contributed by atoms with E-state index in [-0.39, 0.29) is 6.54 Å². The van der Waals surface area contributed by atoms with E-state index in [4.69, 9.17) is 9.47 Å². The van der Waals surface area contributed by atoms with Crippen molar-refractivity contribution in [3.05, 3.63) is 39.8 Å². The number of rotatable bonds is 8. The van der Waals surface area contributed by atoms with Gasteiger partial charge >= 0.3 is 0 Å². The van der Waals surface area contributed by atoms with Gasteiger partial charge in [-0.2, -0.15) is 0 Å². The summed E-state index contributed by atoms with van der Waals surface area (Å²) < 4.78 is 10.6. The van der Waals surface area contributed by atoms with Crippen LogP contribution in [0.5, 0.6) is 11.5 Å². The molecule has 7 nitrogen and oxygen atoms in total. The van der Waals surface area contributed by atoms with Crippen LogP contribution in [-0.2, 0) is 6.54 Å². The summed E-state index contributed by atoms with van der Waals surface area (Å²) in [5, 5.41) is 17.8. The fourth-order valence-electron chi connectivity index (χ4n) is 2.37. The Morgan fingerprint density at radius 3 is 2.73 bits per heavy atom. The van der Waals surface area contributed by atoms with Gasteiger partial charge in [0.25, 0.3) is 0 Å². The van der Waals surface area contributed by atoms with Crippen molar-refractivity contribution in [3.63, 3.8) is 0 Å². The quantitative estimate of drug-likeness (QED) is 0.482. The molecule has 142 valence electrons. The second kappa shape index (κ2) is 9.98. The van der Waals surface area contributed by atoms with Gasteiger partial charge in [-0.05, 0) is 32.0 Å². The number of aliphatic hydroxyl groups is 1. The molecule has 0 spiro atoms. The van der Waals surface area contributed by atoms with Crippen molar-refractivity contribution < 1.29 is 14.6 Å². The molecule has 0 bridgehead atoms. The molecule has 2 aromatic rings. The predicted molar refractivity (Wildman–Crippen MR) is 104 cm³/mol. The monoisotopic (exact) mass is 378 g/mol. The van der Waals surface area contributed by atoms with Crippen molar-refractivity contribution in [3.8, 4) is 11.5 Å². The molecule has 0 radical (unpaired) electrons. The fraction of sp³-hybridized carbons (Fsp3) is 0.444. The predicted octanol–water partition coefficient (Wildman–Crippen LogP) is 2.26. The van der Waals surface area contributed by atoms with Crippen LogP contribution < -0.4 is 20.1 Å². The van der Waals surface area contributed by atoms with Gasteiger partial charge in [-0.15, -0.1) is 11.3 Å². The Bertz CT molecular complexity index is 733. The zero-order valence-corrected chi connectivity index (χ0v) is 16.4. The summed E-state index contributed by atoms with van der Waals surface area (Å²) in [7, 11) is 3.17. The number of benzene rings is 1. The van der Waals surface area contributed by atoms with E-state index >= 15 is 0 Å². The van der Waals surface area contributed by atoms with Crippen LogP contribution in [0.4, 0.5) is 0 Å². The number of nitrogens with one attached hydrogen (secondary N) is 2. The van der Waals surface area contributed by atoms with Gasteiger partial charge in [0, 0.05) is 29.7 Å². The lowest BCUT2D eigenvalue weighted by Crippen LogP contribution is -2.39. The summed E-state index contributed by atoms with van der Waals surface area (Å²) in [5.41, 5.74) is 0.658. The minimum atomic E-state index is -0.772. The average Bonchev–Trinajstić information content (AvgIpc) is 3.08. The van der Waals surface area contributed by atoms with Crippen LogP contribution in [0.2, 0.25) is 0 Å². The molecular formula is C18H26N4O3S. The van der Waals surface area contributed by atoms with Crippen molar-refractivity contribution in [1.29, 1.82) is 0 Å². The van der Waals surface area contributed by atoms with E-state index in [1.165, 1.54) is 0 Å². The minimum Gasteiger partial charge on any atom is -0.497 e. The minimum absolute atomic E-state index is 0.284. The molecule has 1 aromatic carbocycles. The molecule has 8 heteroatoms. The summed E-state index contributed by atoms with van der Waals surface area (Å²) in [4.78, 5) is 9.98. The Morgan fingerprint density at radius 1 is 1.31 bits per heavy atom. The molecular weight excluding hydrogens is 352 g/mol. The largest absolute Gasteiger partial charge is 0.497 e. The van der Waals surface area contributed by atoms with Gasteiger partial charge in [-0.1, -0.05) is 0 Å². The van der Waals surface area contributed by atoms with E-state index in [9.17, 15) is 5.11 Å². The Balaban J connectivity index is 2.03. The van der Waals surface area contributed by atoms with Crippen LogP contribution in [-0.4, -0.2) is 43.4 Å². The van der Waals surface area contributed by atoms with E-state index in [2.05, 4.69) is 20.6 Å². The fourth-order valence-corrected chi connectivity index (χ4v) is 3.08. The lowest BCUT2D eigenvalue weighted by Gasteiger charge is -2.18. The number of aliphatic hydroxyl groups excluding tert-OH is 1. The maximum atomic E-state index is 10.6. The normalized spacial score (nSPS) is 12.6. The molecule has 26 heavy (non-hydrogen) atoms. The third-order valence-electron chi connectivity index (χ3n) is 3.64. The van der Waals surface area contributed by atoms with Crippen LogP contribution in [0, 0.1) is 6.92 Å². The Labute approximate surface area is 158 Å². The van der Waals surface area contributed by atoms with Crippen LogP contribution in [0.15, 0.2) is 29.4 Å². The molecule has 1 heterocycles. The third-order valence-corrected chi connectivity index (χ3v) is 4.54. The highest BCUT2D eigenvalue weighted by Crippen LogP contribution is 2.29. The smallest absolute Gasteiger partial charge is 0.191 e. The van der Waals surface area contributed by atoms with E-state index in [0.717, 1.165) is 16.4 Å². The second-order valence-electron chi connectivity index (χ2n) is 5.56. The molecule has 0 saturated heterocycles. The lowest BCUT2D eigenvalue weighted by atomic mass is 10.1. The summed E-state index contributed by atoms with van der Waals surface area (Å²) in [6.45, 7) is 5.51. The SMILES string of the molecule is CCNC(=NCc1ncc(C)s1)NCC(O)c1cc(OC)ccc1OC. The van der Waals surface area contributed by atoms with Crippen molar-refractivity contribution in [1.82, 2.24) is 15.6 Å². The number of nitrogens with zero attached hydrogens (tertiary/aromatic N) is 2. The molecule has 0 aliphatic rings. The van der Waals surface area contributed by atoms with Crippen LogP contribution in [0.3, 0.4) is 0 Å². The molecule has 3 N–H and O–H groups in total. The van der Waals surface area contributed by atoms with Gasteiger partial charge in [-0.25, -0.2) is 9.98 Å². The number of methoxy groups -OCH3 is 2. The average molecular weight is 378 g/mol. The van der Waals surface area contributed by atoms with E-state index in [1.807, 2.05) is 20.0 Å². The highest BCUT2D eigenvalue weighted by Gasteiger charge is 2.15. The maximum absolute atomic E-state index is 10.6. The zero-order valence-electron chi connectivity index (χ0n) is 15.6. The first-order valence-corrected chi connectivity index (χ1v) is 9.22. The standard InChI is InChI=1S/C18H26N4O3S/c1-5-19-18(22-11-17-20-9-12(2)26-17)21-10-15(23)14-8-13(24-3)6-7-16(14)25-4/h6-9,15,23H,5,10-11H2,1-4H3,(H2,19,21,22). The number of aromatic nitrogens is 1. The highest BCUT2D eigenvalue weighted by molar-refractivity contribution is 7.11. The summed E-state index contributed by atoms with van der Waals surface area (Å²) >= 11 is 1.62. The molecule has 0 saturated carbocycles. The lowest BCUT2D eigenvalue weighted by molar-refractivity contribution is 0.176. The zero-order chi connectivity index (χ0) is 18.9. The first-order chi connectivity index (χ1) is 12.6.